The van der Waals surface area contributed by atoms with Crippen LogP contribution in [0.2, 0.25) is 0 Å². The highest BCUT2D eigenvalue weighted by Crippen LogP contribution is 2.08. The molecule has 0 saturated heterocycles. The molecule has 1 aliphatic rings. The SMILES string of the molecule is CNC[C@H](O)C1=CC(=O)C(=O)C=C1. The molecule has 0 bridgehead atoms. The van der Waals surface area contributed by atoms with E-state index in [9.17, 15) is 14.7 Å². The molecule has 0 unspecified atom stereocenters. The highest BCUT2D eigenvalue weighted by atomic mass is 16.3. The van der Waals surface area contributed by atoms with Gasteiger partial charge in [-0.3, -0.25) is 9.59 Å². The van der Waals surface area contributed by atoms with E-state index in [2.05, 4.69) is 5.32 Å². The summed E-state index contributed by atoms with van der Waals surface area (Å²) in [4.78, 5) is 21.6. The zero-order chi connectivity index (χ0) is 9.84. The molecular weight excluding hydrogens is 170 g/mol. The smallest absolute Gasteiger partial charge is 0.226 e. The van der Waals surface area contributed by atoms with Crippen molar-refractivity contribution < 1.29 is 14.7 Å². The van der Waals surface area contributed by atoms with E-state index in [1.807, 2.05) is 0 Å². The molecule has 0 radical (unpaired) electrons. The van der Waals surface area contributed by atoms with Crippen molar-refractivity contribution in [2.24, 2.45) is 0 Å². The topological polar surface area (TPSA) is 66.4 Å². The maximum atomic E-state index is 10.9. The molecule has 0 aromatic rings. The largest absolute Gasteiger partial charge is 0.387 e. The zero-order valence-corrected chi connectivity index (χ0v) is 7.28. The molecule has 0 amide bonds. The summed E-state index contributed by atoms with van der Waals surface area (Å²) in [6, 6.07) is 0. The van der Waals surface area contributed by atoms with Gasteiger partial charge in [0, 0.05) is 6.54 Å². The summed E-state index contributed by atoms with van der Waals surface area (Å²) in [7, 11) is 1.70. The Morgan fingerprint density at radius 1 is 1.38 bits per heavy atom. The molecule has 0 aromatic carbocycles. The fraction of sp³-hybridized carbons (Fsp3) is 0.333. The van der Waals surface area contributed by atoms with E-state index in [-0.39, 0.29) is 0 Å². The lowest BCUT2D eigenvalue weighted by atomic mass is 10.0. The first-order chi connectivity index (χ1) is 6.15. The average molecular weight is 181 g/mol. The molecule has 0 aliphatic heterocycles. The lowest BCUT2D eigenvalue weighted by Gasteiger charge is -2.12. The molecule has 0 spiro atoms. The third-order valence-electron chi connectivity index (χ3n) is 1.75. The van der Waals surface area contributed by atoms with Gasteiger partial charge in [-0.1, -0.05) is 6.08 Å². The van der Waals surface area contributed by atoms with E-state index in [0.29, 0.717) is 12.1 Å². The summed E-state index contributed by atoms with van der Waals surface area (Å²) >= 11 is 0. The minimum atomic E-state index is -0.738. The number of aliphatic hydroxyl groups is 1. The van der Waals surface area contributed by atoms with Crippen LogP contribution in [0.15, 0.2) is 23.8 Å². The molecule has 70 valence electrons. The van der Waals surface area contributed by atoms with Crippen LogP contribution in [0.1, 0.15) is 0 Å². The Balaban J connectivity index is 2.72. The number of ketones is 2. The predicted molar refractivity (Wildman–Crippen MR) is 47.2 cm³/mol. The molecule has 4 nitrogen and oxygen atoms in total. The fourth-order valence-electron chi connectivity index (χ4n) is 1.04. The van der Waals surface area contributed by atoms with Crippen LogP contribution in [0.25, 0.3) is 0 Å². The van der Waals surface area contributed by atoms with E-state index in [1.165, 1.54) is 18.2 Å². The molecule has 0 saturated carbocycles. The number of aliphatic hydroxyl groups excluding tert-OH is 1. The molecule has 0 aromatic heterocycles. The van der Waals surface area contributed by atoms with Gasteiger partial charge in [0.25, 0.3) is 0 Å². The number of hydrogen-bond donors (Lipinski definition) is 2. The summed E-state index contributed by atoms with van der Waals surface area (Å²) in [5.41, 5.74) is 0.471. The van der Waals surface area contributed by atoms with Gasteiger partial charge in [-0.05, 0) is 24.8 Å². The van der Waals surface area contributed by atoms with Gasteiger partial charge in [-0.2, -0.15) is 0 Å². The normalized spacial score (nSPS) is 18.8. The first kappa shape index (κ1) is 9.83. The van der Waals surface area contributed by atoms with Crippen LogP contribution in [-0.4, -0.2) is 36.4 Å². The molecule has 2 N–H and O–H groups in total. The van der Waals surface area contributed by atoms with Crippen molar-refractivity contribution >= 4 is 11.6 Å². The monoisotopic (exact) mass is 181 g/mol. The van der Waals surface area contributed by atoms with Crippen LogP contribution >= 0.6 is 0 Å². The second-order valence-corrected chi connectivity index (χ2v) is 2.78. The summed E-state index contributed by atoms with van der Waals surface area (Å²) in [5, 5.41) is 12.2. The number of rotatable bonds is 3. The third kappa shape index (κ3) is 2.34. The Labute approximate surface area is 75.9 Å². The van der Waals surface area contributed by atoms with Crippen LogP contribution < -0.4 is 5.32 Å². The van der Waals surface area contributed by atoms with Crippen LogP contribution in [0.3, 0.4) is 0 Å². The zero-order valence-electron chi connectivity index (χ0n) is 7.28. The number of hydrogen-bond acceptors (Lipinski definition) is 4. The first-order valence-electron chi connectivity index (χ1n) is 3.95. The van der Waals surface area contributed by atoms with Gasteiger partial charge in [0.1, 0.15) is 0 Å². The predicted octanol–water partition coefficient (Wildman–Crippen LogP) is -0.799. The Morgan fingerprint density at radius 3 is 2.62 bits per heavy atom. The second-order valence-electron chi connectivity index (χ2n) is 2.78. The minimum Gasteiger partial charge on any atom is -0.387 e. The molecule has 1 atom stereocenters. The molecular formula is C9H11NO3. The standard InChI is InChI=1S/C9H11NO3/c1-10-5-9(13)6-2-3-7(11)8(12)4-6/h2-4,9-10,13H,5H2,1H3/t9-/m0/s1. The molecule has 0 heterocycles. The summed E-state index contributed by atoms with van der Waals surface area (Å²) in [6.07, 6.45) is 3.07. The van der Waals surface area contributed by atoms with Gasteiger partial charge >= 0.3 is 0 Å². The van der Waals surface area contributed by atoms with Gasteiger partial charge in [0.15, 0.2) is 0 Å². The van der Waals surface area contributed by atoms with E-state index >= 15 is 0 Å². The van der Waals surface area contributed by atoms with Crippen molar-refractivity contribution in [1.29, 1.82) is 0 Å². The van der Waals surface area contributed by atoms with Crippen molar-refractivity contribution in [3.63, 3.8) is 0 Å². The summed E-state index contributed by atoms with van der Waals surface area (Å²) in [6.45, 7) is 0.359. The fourth-order valence-corrected chi connectivity index (χ4v) is 1.04. The molecule has 0 fully saturated rings. The number of carbonyl (C=O) groups excluding carboxylic acids is 2. The summed E-state index contributed by atoms with van der Waals surface area (Å²) in [5.74, 6) is -1.12. The maximum absolute atomic E-state index is 10.9. The van der Waals surface area contributed by atoms with Crippen LogP contribution in [0.4, 0.5) is 0 Å². The number of nitrogens with one attached hydrogen (secondary N) is 1. The molecule has 1 rings (SSSR count). The maximum Gasteiger partial charge on any atom is 0.226 e. The van der Waals surface area contributed by atoms with Gasteiger partial charge < -0.3 is 10.4 Å². The van der Waals surface area contributed by atoms with E-state index in [4.69, 9.17) is 0 Å². The van der Waals surface area contributed by atoms with E-state index < -0.39 is 17.7 Å². The Hall–Kier alpha value is -1.26. The molecule has 4 heteroatoms. The van der Waals surface area contributed by atoms with Gasteiger partial charge in [-0.25, -0.2) is 0 Å². The highest BCUT2D eigenvalue weighted by molar-refractivity contribution is 6.46. The Kier molecular flexibility index (Phi) is 3.11. The molecule has 1 aliphatic carbocycles. The quantitative estimate of drug-likeness (QED) is 0.442. The van der Waals surface area contributed by atoms with Gasteiger partial charge in [-0.15, -0.1) is 0 Å². The van der Waals surface area contributed by atoms with Crippen molar-refractivity contribution in [1.82, 2.24) is 5.32 Å². The first-order valence-corrected chi connectivity index (χ1v) is 3.95. The number of likely N-dealkylation sites (N-methyl/N-ethyl adjacent to an activating group) is 1. The molecule has 13 heavy (non-hydrogen) atoms. The Morgan fingerprint density at radius 2 is 2.08 bits per heavy atom. The average Bonchev–Trinajstić information content (AvgIpc) is 2.10. The van der Waals surface area contributed by atoms with Crippen molar-refractivity contribution in [3.8, 4) is 0 Å². The number of carbonyl (C=O) groups is 2. The minimum absolute atomic E-state index is 0.359. The van der Waals surface area contributed by atoms with Crippen LogP contribution in [0.5, 0.6) is 0 Å². The third-order valence-corrected chi connectivity index (χ3v) is 1.75. The Bertz CT molecular complexity index is 291. The highest BCUT2D eigenvalue weighted by Gasteiger charge is 2.17. The van der Waals surface area contributed by atoms with Crippen molar-refractivity contribution in [3.05, 3.63) is 23.8 Å². The van der Waals surface area contributed by atoms with Crippen LogP contribution in [0, 0.1) is 0 Å². The van der Waals surface area contributed by atoms with E-state index in [0.717, 1.165) is 0 Å². The van der Waals surface area contributed by atoms with Gasteiger partial charge in [0.2, 0.25) is 11.6 Å². The second kappa shape index (κ2) is 4.11. The summed E-state index contributed by atoms with van der Waals surface area (Å²) < 4.78 is 0. The lowest BCUT2D eigenvalue weighted by molar-refractivity contribution is -0.131. The number of allylic oxidation sites excluding steroid dienone is 2. The van der Waals surface area contributed by atoms with Crippen molar-refractivity contribution in [2.45, 2.75) is 6.10 Å². The van der Waals surface area contributed by atoms with Gasteiger partial charge in [0.05, 0.1) is 6.10 Å². The van der Waals surface area contributed by atoms with Crippen molar-refractivity contribution in [2.75, 3.05) is 13.6 Å². The van der Waals surface area contributed by atoms with Crippen LogP contribution in [-0.2, 0) is 9.59 Å². The lowest BCUT2D eigenvalue weighted by Crippen LogP contribution is -2.27. The van der Waals surface area contributed by atoms with E-state index in [1.54, 1.807) is 7.05 Å².